The zero-order chi connectivity index (χ0) is 23.2. The molecule has 3 heterocycles. The monoisotopic (exact) mass is 454 g/mol. The van der Waals surface area contributed by atoms with E-state index in [1.165, 1.54) is 5.56 Å². The molecule has 5 rings (SSSR count). The van der Waals surface area contributed by atoms with E-state index in [1.807, 2.05) is 24.3 Å². The number of aromatic nitrogens is 2. The molecule has 0 unspecified atom stereocenters. The molecule has 1 fully saturated rings. The van der Waals surface area contributed by atoms with E-state index in [2.05, 4.69) is 56.9 Å². The van der Waals surface area contributed by atoms with E-state index in [1.54, 1.807) is 18.4 Å². The molecule has 6 nitrogen and oxygen atoms in total. The van der Waals surface area contributed by atoms with Gasteiger partial charge >= 0.3 is 0 Å². The normalized spacial score (nSPS) is 15.4. The summed E-state index contributed by atoms with van der Waals surface area (Å²) in [5, 5.41) is 0. The van der Waals surface area contributed by atoms with Crippen LogP contribution in [0, 0.1) is 0 Å². The number of furan rings is 1. The predicted molar refractivity (Wildman–Crippen MR) is 135 cm³/mol. The van der Waals surface area contributed by atoms with Crippen molar-refractivity contribution in [2.24, 2.45) is 0 Å². The van der Waals surface area contributed by atoms with Gasteiger partial charge in [-0.25, -0.2) is 4.98 Å². The molecule has 34 heavy (non-hydrogen) atoms. The van der Waals surface area contributed by atoms with Crippen LogP contribution in [-0.4, -0.2) is 57.9 Å². The lowest BCUT2D eigenvalue weighted by Gasteiger charge is -2.34. The second kappa shape index (κ2) is 10.6. The number of imidazole rings is 1. The maximum atomic E-state index is 12.5. The number of nitrogens with zero attached hydrogens (tertiary/aromatic N) is 4. The molecule has 1 aliphatic heterocycles. The fraction of sp³-hybridized carbons (Fsp3) is 0.286. The molecular weight excluding hydrogens is 424 g/mol. The minimum Gasteiger partial charge on any atom is -0.461 e. The highest BCUT2D eigenvalue weighted by molar-refractivity contribution is 5.93. The SMILES string of the molecule is O=C(CCn1c(CN2CCN(C/C=C/c3ccccc3)CC2)nc2ccccc21)c1ccco1. The molecule has 2 aromatic heterocycles. The van der Waals surface area contributed by atoms with Crippen LogP contribution in [-0.2, 0) is 13.1 Å². The van der Waals surface area contributed by atoms with Gasteiger partial charge in [-0.3, -0.25) is 14.6 Å². The van der Waals surface area contributed by atoms with Crippen molar-refractivity contribution in [2.75, 3.05) is 32.7 Å². The van der Waals surface area contributed by atoms with Crippen LogP contribution in [0.2, 0.25) is 0 Å². The van der Waals surface area contributed by atoms with Gasteiger partial charge in [-0.1, -0.05) is 54.6 Å². The van der Waals surface area contributed by atoms with Gasteiger partial charge in [-0.05, 0) is 29.8 Å². The van der Waals surface area contributed by atoms with Crippen molar-refractivity contribution in [3.63, 3.8) is 0 Å². The Morgan fingerprint density at radius 1 is 0.912 bits per heavy atom. The van der Waals surface area contributed by atoms with E-state index in [-0.39, 0.29) is 5.78 Å². The molecule has 0 spiro atoms. The molecule has 1 aliphatic rings. The highest BCUT2D eigenvalue weighted by Gasteiger charge is 2.20. The number of piperazine rings is 1. The number of Topliss-reactive ketones (excluding diaryl/α,β-unsaturated/α-hetero) is 1. The number of para-hydroxylation sites is 2. The first-order chi connectivity index (χ1) is 16.8. The Labute approximate surface area is 200 Å². The van der Waals surface area contributed by atoms with Gasteiger partial charge in [-0.2, -0.15) is 0 Å². The van der Waals surface area contributed by atoms with E-state index in [0.29, 0.717) is 18.7 Å². The van der Waals surface area contributed by atoms with Gasteiger partial charge < -0.3 is 8.98 Å². The third kappa shape index (κ3) is 5.35. The first kappa shape index (κ1) is 22.3. The van der Waals surface area contributed by atoms with E-state index < -0.39 is 0 Å². The van der Waals surface area contributed by atoms with Crippen LogP contribution in [0.5, 0.6) is 0 Å². The smallest absolute Gasteiger partial charge is 0.199 e. The van der Waals surface area contributed by atoms with Crippen LogP contribution in [0.15, 0.2) is 83.5 Å². The molecule has 4 aromatic rings. The summed E-state index contributed by atoms with van der Waals surface area (Å²) < 4.78 is 7.47. The second-order valence-corrected chi connectivity index (χ2v) is 8.71. The van der Waals surface area contributed by atoms with Gasteiger partial charge in [0.15, 0.2) is 11.5 Å². The summed E-state index contributed by atoms with van der Waals surface area (Å²) in [5.41, 5.74) is 3.30. The number of ketones is 1. The third-order valence-electron chi connectivity index (χ3n) is 6.40. The Balaban J connectivity index is 1.20. The Bertz CT molecular complexity index is 1240. The Morgan fingerprint density at radius 2 is 1.68 bits per heavy atom. The minimum absolute atomic E-state index is 0.0194. The van der Waals surface area contributed by atoms with Crippen LogP contribution in [0.1, 0.15) is 28.4 Å². The second-order valence-electron chi connectivity index (χ2n) is 8.71. The number of benzene rings is 2. The number of carbonyl (C=O) groups excluding carboxylic acids is 1. The van der Waals surface area contributed by atoms with Crippen LogP contribution >= 0.6 is 0 Å². The van der Waals surface area contributed by atoms with E-state index >= 15 is 0 Å². The summed E-state index contributed by atoms with van der Waals surface area (Å²) in [4.78, 5) is 22.4. The minimum atomic E-state index is 0.0194. The van der Waals surface area contributed by atoms with Crippen molar-refractivity contribution < 1.29 is 9.21 Å². The lowest BCUT2D eigenvalue weighted by Crippen LogP contribution is -2.46. The molecular formula is C28H30N4O2. The maximum absolute atomic E-state index is 12.5. The van der Waals surface area contributed by atoms with Crippen LogP contribution in [0.25, 0.3) is 17.1 Å². The van der Waals surface area contributed by atoms with Gasteiger partial charge in [0.2, 0.25) is 0 Å². The Kier molecular flexibility index (Phi) is 6.98. The molecule has 0 bridgehead atoms. The molecule has 1 saturated heterocycles. The number of rotatable bonds is 9. The Hall–Kier alpha value is -3.48. The fourth-order valence-electron chi connectivity index (χ4n) is 4.50. The van der Waals surface area contributed by atoms with Gasteiger partial charge in [0.25, 0.3) is 0 Å². The topological polar surface area (TPSA) is 54.5 Å². The van der Waals surface area contributed by atoms with Crippen molar-refractivity contribution >= 4 is 22.9 Å². The summed E-state index contributed by atoms with van der Waals surface area (Å²) >= 11 is 0. The fourth-order valence-corrected chi connectivity index (χ4v) is 4.50. The van der Waals surface area contributed by atoms with Gasteiger partial charge in [0, 0.05) is 45.7 Å². The highest BCUT2D eigenvalue weighted by atomic mass is 16.3. The summed E-state index contributed by atoms with van der Waals surface area (Å²) in [6.45, 7) is 6.45. The molecule has 0 radical (unpaired) electrons. The molecule has 0 aliphatic carbocycles. The summed E-state index contributed by atoms with van der Waals surface area (Å²) in [7, 11) is 0. The lowest BCUT2D eigenvalue weighted by molar-refractivity contribution is 0.0949. The molecule has 0 atom stereocenters. The van der Waals surface area contributed by atoms with Crippen molar-refractivity contribution in [1.29, 1.82) is 0 Å². The van der Waals surface area contributed by atoms with Crippen molar-refractivity contribution in [3.8, 4) is 0 Å². The first-order valence-corrected chi connectivity index (χ1v) is 11.9. The van der Waals surface area contributed by atoms with Crippen LogP contribution in [0.3, 0.4) is 0 Å². The Morgan fingerprint density at radius 3 is 2.47 bits per heavy atom. The zero-order valence-electron chi connectivity index (χ0n) is 19.3. The number of aryl methyl sites for hydroxylation is 1. The molecule has 0 amide bonds. The molecule has 0 saturated carbocycles. The number of hydrogen-bond acceptors (Lipinski definition) is 5. The highest BCUT2D eigenvalue weighted by Crippen LogP contribution is 2.19. The van der Waals surface area contributed by atoms with Gasteiger partial charge in [0.05, 0.1) is 23.8 Å². The van der Waals surface area contributed by atoms with Crippen LogP contribution in [0.4, 0.5) is 0 Å². The zero-order valence-corrected chi connectivity index (χ0v) is 19.3. The summed E-state index contributed by atoms with van der Waals surface area (Å²) in [5.74, 6) is 1.46. The average molecular weight is 455 g/mol. The maximum Gasteiger partial charge on any atom is 0.199 e. The largest absolute Gasteiger partial charge is 0.461 e. The number of carbonyl (C=O) groups is 1. The number of hydrogen-bond donors (Lipinski definition) is 0. The molecule has 174 valence electrons. The standard InChI is InChI=1S/C28H30N4O2/c33-26(27-13-7-21-34-27)14-16-32-25-12-5-4-11-24(25)29-28(32)22-31-19-17-30(18-20-31)15-6-10-23-8-2-1-3-9-23/h1-13,21H,14-20,22H2/b10-6+. The molecule has 0 N–H and O–H groups in total. The molecule has 6 heteroatoms. The number of fused-ring (bicyclic) bond motifs is 1. The lowest BCUT2D eigenvalue weighted by atomic mass is 10.2. The van der Waals surface area contributed by atoms with Gasteiger partial charge in [-0.15, -0.1) is 0 Å². The third-order valence-corrected chi connectivity index (χ3v) is 6.40. The summed E-state index contributed by atoms with van der Waals surface area (Å²) in [6.07, 6.45) is 6.38. The van der Waals surface area contributed by atoms with E-state index in [4.69, 9.17) is 9.40 Å². The first-order valence-electron chi connectivity index (χ1n) is 11.9. The van der Waals surface area contributed by atoms with E-state index in [9.17, 15) is 4.79 Å². The van der Waals surface area contributed by atoms with Crippen molar-refractivity contribution in [2.45, 2.75) is 19.5 Å². The van der Waals surface area contributed by atoms with Crippen molar-refractivity contribution in [1.82, 2.24) is 19.4 Å². The van der Waals surface area contributed by atoms with E-state index in [0.717, 1.165) is 56.1 Å². The quantitative estimate of drug-likeness (QED) is 0.342. The average Bonchev–Trinajstić information content (AvgIpc) is 3.53. The summed E-state index contributed by atoms with van der Waals surface area (Å²) in [6, 6.07) is 22.1. The van der Waals surface area contributed by atoms with Crippen LogP contribution < -0.4 is 0 Å². The molecule has 2 aromatic carbocycles. The van der Waals surface area contributed by atoms with Crippen molar-refractivity contribution in [3.05, 3.63) is 96.2 Å². The predicted octanol–water partition coefficient (Wildman–Crippen LogP) is 4.73. The van der Waals surface area contributed by atoms with Gasteiger partial charge in [0.1, 0.15) is 5.82 Å².